The smallest absolute Gasteiger partial charge is 0.748 e. The Hall–Kier alpha value is 0.870. The van der Waals surface area contributed by atoms with E-state index in [1.165, 1.54) is 0 Å². The van der Waals surface area contributed by atoms with E-state index in [-0.39, 0.29) is 35.3 Å². The molecular weight excluding hydrogens is 177 g/mol. The second kappa shape index (κ2) is 6.39. The van der Waals surface area contributed by atoms with Crippen LogP contribution in [0.3, 0.4) is 0 Å². The van der Waals surface area contributed by atoms with Crippen molar-refractivity contribution < 1.29 is 42.5 Å². The molecule has 0 aliphatic carbocycles. The molecule has 0 atom stereocenters. The van der Waals surface area contributed by atoms with Crippen molar-refractivity contribution >= 4 is 10.1 Å². The molecule has 0 bridgehead atoms. The van der Waals surface area contributed by atoms with Crippen LogP contribution in [0.1, 0.15) is 6.92 Å². The summed E-state index contributed by atoms with van der Waals surface area (Å²) >= 11 is 0. The van der Waals surface area contributed by atoms with Crippen molar-refractivity contribution in [3.8, 4) is 0 Å². The summed E-state index contributed by atoms with van der Waals surface area (Å²) in [4.78, 5) is 1.77. The molecule has 0 aliphatic heterocycles. The van der Waals surface area contributed by atoms with Gasteiger partial charge < -0.3 is 9.45 Å². The molecule has 0 aliphatic rings. The summed E-state index contributed by atoms with van der Waals surface area (Å²) in [6, 6.07) is 0. The second-order valence-electron chi connectivity index (χ2n) is 2.16. The molecule has 0 aromatic rings. The topological polar surface area (TPSA) is 60.4 Å². The average Bonchev–Trinajstić information content (AvgIpc) is 1.81. The summed E-state index contributed by atoms with van der Waals surface area (Å²) < 4.78 is 30.2. The first-order chi connectivity index (χ1) is 4.45. The predicted octanol–water partition coefficient (Wildman–Crippen LogP) is -3.51. The molecule has 0 radical (unpaired) electrons. The fourth-order valence-electron chi connectivity index (χ4n) is 0.426. The first kappa shape index (κ1) is 14.4. The van der Waals surface area contributed by atoms with Crippen LogP contribution < -0.4 is 29.6 Å². The zero-order valence-electron chi connectivity index (χ0n) is 7.20. The molecule has 0 rings (SSSR count). The van der Waals surface area contributed by atoms with Crippen molar-refractivity contribution in [1.82, 2.24) is 4.90 Å². The molecule has 0 amide bonds. The van der Waals surface area contributed by atoms with Crippen molar-refractivity contribution in [2.75, 3.05) is 25.9 Å². The van der Waals surface area contributed by atoms with E-state index in [0.717, 1.165) is 6.54 Å². The van der Waals surface area contributed by atoms with Gasteiger partial charge in [0, 0.05) is 6.54 Å². The number of hydrogen-bond acceptors (Lipinski definition) is 4. The van der Waals surface area contributed by atoms with Gasteiger partial charge in [0.2, 0.25) is 0 Å². The Kier molecular flexibility index (Phi) is 8.37. The standard InChI is InChI=1S/C5H13NO3S.Na/c1-3-6(2)4-5-10(7,8)9;/h3-5H2,1-2H3,(H,7,8,9);/q;+1/p-1. The van der Waals surface area contributed by atoms with Gasteiger partial charge in [-0.05, 0) is 13.6 Å². The minimum Gasteiger partial charge on any atom is -0.748 e. The summed E-state index contributed by atoms with van der Waals surface area (Å²) in [5.74, 6) is -0.294. The van der Waals surface area contributed by atoms with Gasteiger partial charge in [-0.25, -0.2) is 8.42 Å². The van der Waals surface area contributed by atoms with E-state index in [4.69, 9.17) is 0 Å². The molecule has 0 fully saturated rings. The molecule has 0 saturated heterocycles. The molecule has 0 aromatic heterocycles. The fraction of sp³-hybridized carbons (Fsp3) is 1.00. The SMILES string of the molecule is CCN(C)CCS(=O)(=O)[O-].[Na+]. The van der Waals surface area contributed by atoms with Crippen LogP contribution in [0.15, 0.2) is 0 Å². The molecule has 0 unspecified atom stereocenters. The maximum Gasteiger partial charge on any atom is 1.00 e. The number of nitrogens with zero attached hydrogens (tertiary/aromatic N) is 1. The van der Waals surface area contributed by atoms with Crippen molar-refractivity contribution in [3.05, 3.63) is 0 Å². The van der Waals surface area contributed by atoms with E-state index in [0.29, 0.717) is 6.54 Å². The van der Waals surface area contributed by atoms with E-state index in [1.807, 2.05) is 6.92 Å². The zero-order valence-corrected chi connectivity index (χ0v) is 10.0. The summed E-state index contributed by atoms with van der Waals surface area (Å²) in [5.41, 5.74) is 0. The van der Waals surface area contributed by atoms with Crippen LogP contribution in [0, 0.1) is 0 Å². The minimum absolute atomic E-state index is 0. The van der Waals surface area contributed by atoms with Crippen molar-refractivity contribution in [3.63, 3.8) is 0 Å². The van der Waals surface area contributed by atoms with Gasteiger partial charge in [-0.3, -0.25) is 0 Å². The molecule has 0 heterocycles. The van der Waals surface area contributed by atoms with Crippen molar-refractivity contribution in [1.29, 1.82) is 0 Å². The van der Waals surface area contributed by atoms with Gasteiger partial charge >= 0.3 is 29.6 Å². The van der Waals surface area contributed by atoms with Gasteiger partial charge in [-0.15, -0.1) is 0 Å². The molecule has 4 nitrogen and oxygen atoms in total. The van der Waals surface area contributed by atoms with Gasteiger partial charge in [-0.2, -0.15) is 0 Å². The molecule has 0 aromatic carbocycles. The summed E-state index contributed by atoms with van der Waals surface area (Å²) in [7, 11) is -2.25. The monoisotopic (exact) mass is 189 g/mol. The average molecular weight is 189 g/mol. The fourth-order valence-corrected chi connectivity index (χ4v) is 0.961. The quantitative estimate of drug-likeness (QED) is 0.340. The van der Waals surface area contributed by atoms with Crippen LogP contribution >= 0.6 is 0 Å². The normalized spacial score (nSPS) is 11.3. The van der Waals surface area contributed by atoms with Crippen LogP contribution in [0.5, 0.6) is 0 Å². The van der Waals surface area contributed by atoms with E-state index in [2.05, 4.69) is 0 Å². The van der Waals surface area contributed by atoms with Crippen LogP contribution in [0.25, 0.3) is 0 Å². The van der Waals surface area contributed by atoms with Gasteiger partial charge in [0.05, 0.1) is 15.9 Å². The second-order valence-corrected chi connectivity index (χ2v) is 3.68. The Morgan fingerprint density at radius 1 is 1.45 bits per heavy atom. The first-order valence-corrected chi connectivity index (χ1v) is 4.65. The Morgan fingerprint density at radius 3 is 2.18 bits per heavy atom. The van der Waals surface area contributed by atoms with Crippen LogP contribution in [0.2, 0.25) is 0 Å². The largest absolute Gasteiger partial charge is 1.00 e. The molecular formula is C5H12NNaO3S. The van der Waals surface area contributed by atoms with Gasteiger partial charge in [-0.1, -0.05) is 6.92 Å². The van der Waals surface area contributed by atoms with E-state index in [1.54, 1.807) is 11.9 Å². The van der Waals surface area contributed by atoms with Crippen molar-refractivity contribution in [2.45, 2.75) is 6.92 Å². The van der Waals surface area contributed by atoms with Gasteiger partial charge in [0.25, 0.3) is 0 Å². The van der Waals surface area contributed by atoms with E-state index in [9.17, 15) is 13.0 Å². The van der Waals surface area contributed by atoms with Crippen LogP contribution in [-0.4, -0.2) is 43.8 Å². The summed E-state index contributed by atoms with van der Waals surface area (Å²) in [6.07, 6.45) is 0. The Morgan fingerprint density at radius 2 is 1.91 bits per heavy atom. The molecule has 11 heavy (non-hydrogen) atoms. The van der Waals surface area contributed by atoms with Gasteiger partial charge in [0.1, 0.15) is 0 Å². The van der Waals surface area contributed by atoms with E-state index < -0.39 is 10.1 Å². The summed E-state index contributed by atoms with van der Waals surface area (Å²) in [6.45, 7) is 2.98. The molecule has 62 valence electrons. The third-order valence-corrected chi connectivity index (χ3v) is 1.95. The van der Waals surface area contributed by atoms with Crippen molar-refractivity contribution in [2.24, 2.45) is 0 Å². The maximum absolute atomic E-state index is 10.1. The van der Waals surface area contributed by atoms with Crippen LogP contribution in [0.4, 0.5) is 0 Å². The predicted molar refractivity (Wildman–Crippen MR) is 37.7 cm³/mol. The molecule has 0 spiro atoms. The molecule has 6 heteroatoms. The zero-order chi connectivity index (χ0) is 8.20. The third-order valence-electron chi connectivity index (χ3n) is 1.26. The maximum atomic E-state index is 10.1. The Balaban J connectivity index is 0. The minimum atomic E-state index is -4.02. The number of rotatable bonds is 4. The van der Waals surface area contributed by atoms with E-state index >= 15 is 0 Å². The number of hydrogen-bond donors (Lipinski definition) is 0. The van der Waals surface area contributed by atoms with Crippen LogP contribution in [-0.2, 0) is 10.1 Å². The third kappa shape index (κ3) is 10.9. The Labute approximate surface area is 90.0 Å². The molecule has 0 saturated carbocycles. The summed E-state index contributed by atoms with van der Waals surface area (Å²) in [5, 5.41) is 0. The van der Waals surface area contributed by atoms with Gasteiger partial charge in [0.15, 0.2) is 0 Å². The molecule has 0 N–H and O–H groups in total. The first-order valence-electron chi connectivity index (χ1n) is 3.08. The Bertz CT molecular complexity index is 180.